The van der Waals surface area contributed by atoms with E-state index in [0.717, 1.165) is 25.0 Å². The van der Waals surface area contributed by atoms with E-state index < -0.39 is 0 Å². The van der Waals surface area contributed by atoms with Gasteiger partial charge in [-0.25, -0.2) is 4.39 Å². The molecule has 0 aromatic heterocycles. The van der Waals surface area contributed by atoms with E-state index in [4.69, 9.17) is 4.74 Å². The lowest BCUT2D eigenvalue weighted by molar-refractivity contribution is 0.0782. The van der Waals surface area contributed by atoms with Gasteiger partial charge in [-0.15, -0.1) is 0 Å². The predicted molar refractivity (Wildman–Crippen MR) is 66.3 cm³/mol. The Hall–Kier alpha value is -0.930. The number of benzene rings is 1. The molecular formula is C14H20FNO. The summed E-state index contributed by atoms with van der Waals surface area (Å²) in [5.74, 6) is 0.300. The molecule has 0 bridgehead atoms. The third-order valence-electron chi connectivity index (χ3n) is 3.63. The van der Waals surface area contributed by atoms with Crippen molar-refractivity contribution < 1.29 is 9.13 Å². The van der Waals surface area contributed by atoms with Gasteiger partial charge in [0.25, 0.3) is 0 Å². The van der Waals surface area contributed by atoms with Crippen molar-refractivity contribution in [2.75, 3.05) is 13.7 Å². The van der Waals surface area contributed by atoms with Crippen molar-refractivity contribution in [3.05, 3.63) is 35.6 Å². The van der Waals surface area contributed by atoms with Crippen molar-refractivity contribution in [3.8, 4) is 0 Å². The van der Waals surface area contributed by atoms with Gasteiger partial charge in [0.05, 0.1) is 6.10 Å². The van der Waals surface area contributed by atoms with Crippen molar-refractivity contribution in [1.82, 2.24) is 5.32 Å². The molecule has 17 heavy (non-hydrogen) atoms. The van der Waals surface area contributed by atoms with Crippen LogP contribution in [0.1, 0.15) is 31.4 Å². The Bertz CT molecular complexity index is 352. The summed E-state index contributed by atoms with van der Waals surface area (Å²) in [4.78, 5) is 0. The first-order valence-corrected chi connectivity index (χ1v) is 6.30. The van der Waals surface area contributed by atoms with Gasteiger partial charge in [0.2, 0.25) is 0 Å². The second kappa shape index (κ2) is 5.61. The monoisotopic (exact) mass is 237 g/mol. The summed E-state index contributed by atoms with van der Waals surface area (Å²) in [5.41, 5.74) is 1.14. The lowest BCUT2D eigenvalue weighted by atomic mass is 9.87. The topological polar surface area (TPSA) is 21.3 Å². The number of nitrogens with one attached hydrogen (secondary N) is 1. The molecule has 1 N–H and O–H groups in total. The van der Waals surface area contributed by atoms with Crippen LogP contribution in [0.3, 0.4) is 0 Å². The van der Waals surface area contributed by atoms with E-state index in [1.54, 1.807) is 0 Å². The van der Waals surface area contributed by atoms with Crippen LogP contribution in [0.25, 0.3) is 0 Å². The maximum absolute atomic E-state index is 12.9. The van der Waals surface area contributed by atoms with E-state index in [9.17, 15) is 4.39 Å². The van der Waals surface area contributed by atoms with Crippen LogP contribution in [-0.2, 0) is 4.74 Å². The molecule has 3 atom stereocenters. The molecule has 1 aliphatic heterocycles. The summed E-state index contributed by atoms with van der Waals surface area (Å²) in [5, 5.41) is 3.34. The molecule has 2 rings (SSSR count). The molecule has 0 radical (unpaired) electrons. The van der Waals surface area contributed by atoms with Gasteiger partial charge in [-0.3, -0.25) is 0 Å². The molecule has 1 aromatic carbocycles. The zero-order chi connectivity index (χ0) is 12.3. The summed E-state index contributed by atoms with van der Waals surface area (Å²) in [7, 11) is 1.96. The van der Waals surface area contributed by atoms with Crippen LogP contribution in [0.5, 0.6) is 0 Å². The Morgan fingerprint density at radius 2 is 2.12 bits per heavy atom. The quantitative estimate of drug-likeness (QED) is 0.869. The summed E-state index contributed by atoms with van der Waals surface area (Å²) in [6.45, 7) is 2.99. The molecular weight excluding hydrogens is 217 g/mol. The average Bonchev–Trinajstić information content (AvgIpc) is 2.81. The Balaban J connectivity index is 2.18. The van der Waals surface area contributed by atoms with E-state index in [-0.39, 0.29) is 11.9 Å². The molecule has 1 aliphatic rings. The van der Waals surface area contributed by atoms with Crippen molar-refractivity contribution in [2.24, 2.45) is 5.92 Å². The predicted octanol–water partition coefficient (Wildman–Crippen LogP) is 2.90. The lowest BCUT2D eigenvalue weighted by Crippen LogP contribution is -2.30. The van der Waals surface area contributed by atoms with Crippen LogP contribution in [0.2, 0.25) is 0 Å². The standard InChI is InChI=1S/C14H20FNO/c1-3-13-12(8-9-17-13)14(16-2)10-4-6-11(15)7-5-10/h4-7,12-14,16H,3,8-9H2,1-2H3. The third kappa shape index (κ3) is 2.67. The van der Waals surface area contributed by atoms with Crippen molar-refractivity contribution in [2.45, 2.75) is 31.9 Å². The maximum atomic E-state index is 12.9. The van der Waals surface area contributed by atoms with E-state index >= 15 is 0 Å². The molecule has 1 heterocycles. The minimum Gasteiger partial charge on any atom is -0.378 e. The first-order chi connectivity index (χ1) is 8.26. The normalized spacial score (nSPS) is 26.1. The number of rotatable bonds is 4. The zero-order valence-corrected chi connectivity index (χ0v) is 10.4. The van der Waals surface area contributed by atoms with Gasteiger partial charge in [-0.2, -0.15) is 0 Å². The van der Waals surface area contributed by atoms with Crippen molar-refractivity contribution in [1.29, 1.82) is 0 Å². The van der Waals surface area contributed by atoms with E-state index in [1.165, 1.54) is 12.1 Å². The summed E-state index contributed by atoms with van der Waals surface area (Å²) in [6.07, 6.45) is 2.42. The minimum absolute atomic E-state index is 0.182. The number of hydrogen-bond donors (Lipinski definition) is 1. The van der Waals surface area contributed by atoms with Crippen LogP contribution in [0, 0.1) is 11.7 Å². The third-order valence-corrected chi connectivity index (χ3v) is 3.63. The van der Waals surface area contributed by atoms with Gasteiger partial charge in [-0.1, -0.05) is 19.1 Å². The second-order valence-corrected chi connectivity index (χ2v) is 4.59. The second-order valence-electron chi connectivity index (χ2n) is 4.59. The number of ether oxygens (including phenoxy) is 1. The molecule has 1 saturated heterocycles. The van der Waals surface area contributed by atoms with Crippen LogP contribution in [0.4, 0.5) is 4.39 Å². The fraction of sp³-hybridized carbons (Fsp3) is 0.571. The van der Waals surface area contributed by atoms with Gasteiger partial charge in [0, 0.05) is 18.6 Å². The highest BCUT2D eigenvalue weighted by molar-refractivity contribution is 5.21. The Morgan fingerprint density at radius 3 is 2.71 bits per heavy atom. The molecule has 1 aromatic rings. The van der Waals surface area contributed by atoms with Gasteiger partial charge in [0.1, 0.15) is 5.82 Å². The zero-order valence-electron chi connectivity index (χ0n) is 10.4. The Labute approximate surface area is 102 Å². The Morgan fingerprint density at radius 1 is 1.41 bits per heavy atom. The average molecular weight is 237 g/mol. The van der Waals surface area contributed by atoms with Crippen LogP contribution in [0.15, 0.2) is 24.3 Å². The summed E-state index contributed by atoms with van der Waals surface area (Å²) >= 11 is 0. The van der Waals surface area contributed by atoms with E-state index in [0.29, 0.717) is 12.0 Å². The molecule has 1 fully saturated rings. The number of hydrogen-bond acceptors (Lipinski definition) is 2. The molecule has 3 heteroatoms. The van der Waals surface area contributed by atoms with Crippen LogP contribution in [-0.4, -0.2) is 19.8 Å². The van der Waals surface area contributed by atoms with Gasteiger partial charge >= 0.3 is 0 Å². The molecule has 3 unspecified atom stereocenters. The lowest BCUT2D eigenvalue weighted by Gasteiger charge is -2.27. The van der Waals surface area contributed by atoms with Gasteiger partial charge in [-0.05, 0) is 37.6 Å². The highest BCUT2D eigenvalue weighted by Crippen LogP contribution is 2.34. The SMILES string of the molecule is CCC1OCCC1C(NC)c1ccc(F)cc1. The molecule has 0 saturated carbocycles. The van der Waals surface area contributed by atoms with Crippen molar-refractivity contribution >= 4 is 0 Å². The first-order valence-electron chi connectivity index (χ1n) is 6.30. The van der Waals surface area contributed by atoms with E-state index in [1.807, 2.05) is 19.2 Å². The highest BCUT2D eigenvalue weighted by Gasteiger charge is 2.33. The fourth-order valence-electron chi connectivity index (χ4n) is 2.76. The highest BCUT2D eigenvalue weighted by atomic mass is 19.1. The first kappa shape index (κ1) is 12.5. The minimum atomic E-state index is -0.182. The summed E-state index contributed by atoms with van der Waals surface area (Å²) in [6, 6.07) is 7.03. The van der Waals surface area contributed by atoms with E-state index in [2.05, 4.69) is 12.2 Å². The Kier molecular flexibility index (Phi) is 4.13. The molecule has 0 amide bonds. The smallest absolute Gasteiger partial charge is 0.123 e. The molecule has 0 spiro atoms. The summed E-state index contributed by atoms with van der Waals surface area (Å²) < 4.78 is 18.7. The maximum Gasteiger partial charge on any atom is 0.123 e. The fourth-order valence-corrected chi connectivity index (χ4v) is 2.76. The van der Waals surface area contributed by atoms with Crippen LogP contribution < -0.4 is 5.32 Å². The van der Waals surface area contributed by atoms with Gasteiger partial charge < -0.3 is 10.1 Å². The number of halogens is 1. The molecule has 94 valence electrons. The largest absolute Gasteiger partial charge is 0.378 e. The van der Waals surface area contributed by atoms with Crippen LogP contribution >= 0.6 is 0 Å². The van der Waals surface area contributed by atoms with Crippen molar-refractivity contribution in [3.63, 3.8) is 0 Å². The molecule has 2 nitrogen and oxygen atoms in total. The van der Waals surface area contributed by atoms with Gasteiger partial charge in [0.15, 0.2) is 0 Å². The molecule has 0 aliphatic carbocycles.